The standard InChI is InChI=1S/C12H19N3OS/c1-7(13)5-10(16)15-11(9-3-4-9)12-14-6-8(2)17-12/h6-7,9,11H,3-5,13H2,1-2H3,(H,15,16). The van der Waals surface area contributed by atoms with E-state index in [1.807, 2.05) is 20.0 Å². The average molecular weight is 253 g/mol. The fourth-order valence-electron chi connectivity index (χ4n) is 1.85. The van der Waals surface area contributed by atoms with Crippen molar-refractivity contribution in [1.82, 2.24) is 10.3 Å². The van der Waals surface area contributed by atoms with Gasteiger partial charge in [-0.25, -0.2) is 4.98 Å². The first kappa shape index (κ1) is 12.5. The SMILES string of the molecule is Cc1cnc(C(NC(=O)CC(C)N)C2CC2)s1. The Morgan fingerprint density at radius 3 is 2.88 bits per heavy atom. The molecule has 1 aromatic rings. The molecule has 0 radical (unpaired) electrons. The summed E-state index contributed by atoms with van der Waals surface area (Å²) < 4.78 is 0. The number of thiazole rings is 1. The van der Waals surface area contributed by atoms with E-state index < -0.39 is 0 Å². The van der Waals surface area contributed by atoms with E-state index in [2.05, 4.69) is 10.3 Å². The molecule has 1 fully saturated rings. The maximum Gasteiger partial charge on any atom is 0.222 e. The first-order valence-electron chi connectivity index (χ1n) is 6.03. The summed E-state index contributed by atoms with van der Waals surface area (Å²) >= 11 is 1.67. The van der Waals surface area contributed by atoms with Crippen molar-refractivity contribution >= 4 is 17.2 Å². The fraction of sp³-hybridized carbons (Fsp3) is 0.667. The van der Waals surface area contributed by atoms with E-state index in [0.717, 1.165) is 5.01 Å². The summed E-state index contributed by atoms with van der Waals surface area (Å²) in [6.07, 6.45) is 4.62. The van der Waals surface area contributed by atoms with Crippen LogP contribution in [-0.2, 0) is 4.79 Å². The van der Waals surface area contributed by atoms with Gasteiger partial charge in [0.2, 0.25) is 5.91 Å². The van der Waals surface area contributed by atoms with Crippen LogP contribution in [0.25, 0.3) is 0 Å². The molecular weight excluding hydrogens is 234 g/mol. The lowest BCUT2D eigenvalue weighted by Crippen LogP contribution is -2.33. The number of hydrogen-bond donors (Lipinski definition) is 2. The lowest BCUT2D eigenvalue weighted by atomic mass is 10.1. The van der Waals surface area contributed by atoms with Gasteiger partial charge in [0.25, 0.3) is 0 Å². The molecule has 1 amide bonds. The third-order valence-corrected chi connectivity index (χ3v) is 3.82. The fourth-order valence-corrected chi connectivity index (χ4v) is 2.77. The van der Waals surface area contributed by atoms with Gasteiger partial charge in [0.1, 0.15) is 5.01 Å². The molecule has 1 aliphatic rings. The Kier molecular flexibility index (Phi) is 3.79. The van der Waals surface area contributed by atoms with E-state index in [0.29, 0.717) is 12.3 Å². The van der Waals surface area contributed by atoms with Gasteiger partial charge in [-0.15, -0.1) is 11.3 Å². The second-order valence-electron chi connectivity index (χ2n) is 4.87. The van der Waals surface area contributed by atoms with Gasteiger partial charge in [0.05, 0.1) is 6.04 Å². The molecule has 5 heteroatoms. The number of carbonyl (C=O) groups excluding carboxylic acids is 1. The number of hydrogen-bond acceptors (Lipinski definition) is 4. The number of carbonyl (C=O) groups is 1. The predicted octanol–water partition coefficient (Wildman–Crippen LogP) is 1.76. The zero-order valence-corrected chi connectivity index (χ0v) is 11.1. The minimum absolute atomic E-state index is 0.0322. The van der Waals surface area contributed by atoms with Gasteiger partial charge < -0.3 is 11.1 Å². The summed E-state index contributed by atoms with van der Waals surface area (Å²) in [6.45, 7) is 3.88. The summed E-state index contributed by atoms with van der Waals surface area (Å²) in [6, 6.07) is 0.00725. The molecule has 2 rings (SSSR count). The number of nitrogens with two attached hydrogens (primary N) is 1. The molecule has 1 saturated carbocycles. The number of amides is 1. The van der Waals surface area contributed by atoms with Crippen molar-refractivity contribution in [2.75, 3.05) is 0 Å². The monoisotopic (exact) mass is 253 g/mol. The highest BCUT2D eigenvalue weighted by atomic mass is 32.1. The second kappa shape index (κ2) is 5.14. The normalized spacial score (nSPS) is 18.8. The van der Waals surface area contributed by atoms with E-state index in [4.69, 9.17) is 5.73 Å². The number of rotatable bonds is 5. The lowest BCUT2D eigenvalue weighted by Gasteiger charge is -2.16. The molecule has 2 unspecified atom stereocenters. The maximum absolute atomic E-state index is 11.8. The Morgan fingerprint density at radius 1 is 1.71 bits per heavy atom. The van der Waals surface area contributed by atoms with Crippen LogP contribution in [0.5, 0.6) is 0 Å². The van der Waals surface area contributed by atoms with Crippen molar-refractivity contribution < 1.29 is 4.79 Å². The lowest BCUT2D eigenvalue weighted by molar-refractivity contribution is -0.122. The van der Waals surface area contributed by atoms with Crippen LogP contribution in [0, 0.1) is 12.8 Å². The van der Waals surface area contributed by atoms with Crippen molar-refractivity contribution in [3.63, 3.8) is 0 Å². The molecule has 94 valence electrons. The van der Waals surface area contributed by atoms with Crippen molar-refractivity contribution in [2.24, 2.45) is 11.7 Å². The van der Waals surface area contributed by atoms with Crippen LogP contribution in [0.1, 0.15) is 42.1 Å². The minimum Gasteiger partial charge on any atom is -0.347 e. The summed E-state index contributed by atoms with van der Waals surface area (Å²) in [5, 5.41) is 4.10. The van der Waals surface area contributed by atoms with Crippen LogP contribution in [-0.4, -0.2) is 16.9 Å². The quantitative estimate of drug-likeness (QED) is 0.840. The number of nitrogens with zero attached hydrogens (tertiary/aromatic N) is 1. The molecule has 0 aromatic carbocycles. The maximum atomic E-state index is 11.8. The summed E-state index contributed by atoms with van der Waals surface area (Å²) in [7, 11) is 0. The van der Waals surface area contributed by atoms with Crippen molar-refractivity contribution in [3.05, 3.63) is 16.1 Å². The molecule has 1 aliphatic carbocycles. The summed E-state index contributed by atoms with van der Waals surface area (Å²) in [5.41, 5.74) is 5.63. The smallest absolute Gasteiger partial charge is 0.222 e. The highest BCUT2D eigenvalue weighted by Gasteiger charge is 2.35. The van der Waals surface area contributed by atoms with E-state index in [9.17, 15) is 4.79 Å². The van der Waals surface area contributed by atoms with Crippen LogP contribution in [0.3, 0.4) is 0 Å². The number of nitrogens with one attached hydrogen (secondary N) is 1. The van der Waals surface area contributed by atoms with E-state index >= 15 is 0 Å². The average Bonchev–Trinajstić information content (AvgIpc) is 2.97. The van der Waals surface area contributed by atoms with Crippen molar-refractivity contribution in [3.8, 4) is 0 Å². The van der Waals surface area contributed by atoms with Gasteiger partial charge in [-0.3, -0.25) is 4.79 Å². The Labute approximate surface area is 106 Å². The highest BCUT2D eigenvalue weighted by molar-refractivity contribution is 7.11. The summed E-state index contributed by atoms with van der Waals surface area (Å²) in [4.78, 5) is 17.3. The highest BCUT2D eigenvalue weighted by Crippen LogP contribution is 2.42. The molecule has 0 spiro atoms. The molecule has 17 heavy (non-hydrogen) atoms. The van der Waals surface area contributed by atoms with Crippen LogP contribution in [0.15, 0.2) is 6.20 Å². The van der Waals surface area contributed by atoms with E-state index in [1.54, 1.807) is 11.3 Å². The van der Waals surface area contributed by atoms with Gasteiger partial charge in [-0.2, -0.15) is 0 Å². The Balaban J connectivity index is 2.00. The second-order valence-corrected chi connectivity index (χ2v) is 6.14. The van der Waals surface area contributed by atoms with Crippen molar-refractivity contribution in [2.45, 2.75) is 45.2 Å². The van der Waals surface area contributed by atoms with Gasteiger partial charge in [0, 0.05) is 23.5 Å². The zero-order valence-electron chi connectivity index (χ0n) is 10.3. The van der Waals surface area contributed by atoms with Crippen LogP contribution < -0.4 is 11.1 Å². The van der Waals surface area contributed by atoms with Crippen LogP contribution in [0.2, 0.25) is 0 Å². The number of aryl methyl sites for hydroxylation is 1. The first-order valence-corrected chi connectivity index (χ1v) is 6.85. The topological polar surface area (TPSA) is 68.0 Å². The predicted molar refractivity (Wildman–Crippen MR) is 68.7 cm³/mol. The molecule has 1 aromatic heterocycles. The van der Waals surface area contributed by atoms with Crippen molar-refractivity contribution in [1.29, 1.82) is 0 Å². The minimum atomic E-state index is -0.0899. The van der Waals surface area contributed by atoms with Crippen LogP contribution >= 0.6 is 11.3 Å². The zero-order chi connectivity index (χ0) is 12.4. The molecule has 0 bridgehead atoms. The third kappa shape index (κ3) is 3.51. The largest absolute Gasteiger partial charge is 0.347 e. The molecule has 3 N–H and O–H groups in total. The van der Waals surface area contributed by atoms with E-state index in [-0.39, 0.29) is 18.0 Å². The van der Waals surface area contributed by atoms with Gasteiger partial charge >= 0.3 is 0 Å². The molecule has 0 aliphatic heterocycles. The molecule has 1 heterocycles. The van der Waals surface area contributed by atoms with Crippen LogP contribution in [0.4, 0.5) is 0 Å². The third-order valence-electron chi connectivity index (χ3n) is 2.82. The van der Waals surface area contributed by atoms with Gasteiger partial charge in [-0.05, 0) is 32.6 Å². The number of aromatic nitrogens is 1. The van der Waals surface area contributed by atoms with Gasteiger partial charge in [0.15, 0.2) is 0 Å². The molecule has 2 atom stereocenters. The molecule has 0 saturated heterocycles. The first-order chi connectivity index (χ1) is 8.06. The Morgan fingerprint density at radius 2 is 2.41 bits per heavy atom. The Hall–Kier alpha value is -0.940. The van der Waals surface area contributed by atoms with E-state index in [1.165, 1.54) is 17.7 Å². The van der Waals surface area contributed by atoms with Gasteiger partial charge in [-0.1, -0.05) is 0 Å². The summed E-state index contributed by atoms with van der Waals surface area (Å²) in [5.74, 6) is 0.599. The molecular formula is C12H19N3OS. The molecule has 4 nitrogen and oxygen atoms in total. The Bertz CT molecular complexity index is 398.